The van der Waals surface area contributed by atoms with Crippen molar-refractivity contribution in [1.82, 2.24) is 9.88 Å². The zero-order valence-electron chi connectivity index (χ0n) is 17.8. The number of thiazole rings is 1. The van der Waals surface area contributed by atoms with Gasteiger partial charge in [-0.1, -0.05) is 18.2 Å². The largest absolute Gasteiger partial charge is 0.369 e. The van der Waals surface area contributed by atoms with Gasteiger partial charge in [0.15, 0.2) is 0 Å². The fraction of sp³-hybridized carbons (Fsp3) is 0.360. The molecular weight excluding hydrogens is 374 g/mol. The molecule has 29 heavy (non-hydrogen) atoms. The van der Waals surface area contributed by atoms with Gasteiger partial charge in [0.05, 0.1) is 22.7 Å². The molecule has 2 aromatic carbocycles. The number of rotatable bonds is 5. The zero-order valence-corrected chi connectivity index (χ0v) is 18.6. The molecule has 4 rings (SSSR count). The minimum Gasteiger partial charge on any atom is -0.369 e. The summed E-state index contributed by atoms with van der Waals surface area (Å²) in [6.45, 7) is 4.30. The number of nitrogens with zero attached hydrogens (tertiary/aromatic N) is 3. The van der Waals surface area contributed by atoms with Crippen molar-refractivity contribution in [3.05, 3.63) is 68.5 Å². The Morgan fingerprint density at radius 2 is 1.83 bits per heavy atom. The van der Waals surface area contributed by atoms with Crippen LogP contribution in [0.4, 0.5) is 5.69 Å². The molecule has 0 spiro atoms. The Morgan fingerprint density at radius 1 is 1.03 bits per heavy atom. The predicted molar refractivity (Wildman–Crippen MR) is 125 cm³/mol. The molecule has 0 N–H and O–H groups in total. The average molecular weight is 404 g/mol. The second-order valence-electron chi connectivity index (χ2n) is 8.27. The van der Waals surface area contributed by atoms with Crippen molar-refractivity contribution >= 4 is 23.4 Å². The van der Waals surface area contributed by atoms with Gasteiger partial charge in [0.25, 0.3) is 0 Å². The predicted octanol–water partition coefficient (Wildman–Crippen LogP) is 6.12. The Kier molecular flexibility index (Phi) is 5.81. The van der Waals surface area contributed by atoms with Gasteiger partial charge in [-0.2, -0.15) is 0 Å². The maximum absolute atomic E-state index is 4.96. The maximum Gasteiger partial charge on any atom is 0.0976 e. The molecule has 0 radical (unpaired) electrons. The topological polar surface area (TPSA) is 28.5 Å². The first kappa shape index (κ1) is 19.8. The van der Waals surface area contributed by atoms with Crippen LogP contribution in [0.3, 0.4) is 0 Å². The molecule has 0 amide bonds. The van der Waals surface area contributed by atoms with Gasteiger partial charge in [-0.15, -0.1) is 11.3 Å². The van der Waals surface area contributed by atoms with Crippen LogP contribution in [0.2, 0.25) is 0 Å². The molecule has 1 heterocycles. The van der Waals surface area contributed by atoms with E-state index in [4.69, 9.17) is 4.98 Å². The summed E-state index contributed by atoms with van der Waals surface area (Å²) in [5.74, 6) is 0. The summed E-state index contributed by atoms with van der Waals surface area (Å²) < 4.78 is 0. The van der Waals surface area contributed by atoms with Gasteiger partial charge in [0.1, 0.15) is 0 Å². The number of aryl methyl sites for hydroxylation is 4. The third-order valence-corrected chi connectivity index (χ3v) is 6.47. The van der Waals surface area contributed by atoms with Crippen LogP contribution in [0, 0.1) is 13.8 Å². The van der Waals surface area contributed by atoms with Crippen molar-refractivity contribution in [3.8, 4) is 11.3 Å². The second kappa shape index (κ2) is 8.50. The zero-order chi connectivity index (χ0) is 20.4. The summed E-state index contributed by atoms with van der Waals surface area (Å²) >= 11 is 1.76. The third-order valence-electron chi connectivity index (χ3n) is 5.62. The van der Waals surface area contributed by atoms with Crippen LogP contribution in [0.15, 0.2) is 40.7 Å². The van der Waals surface area contributed by atoms with Crippen LogP contribution < -0.4 is 0 Å². The SMILES string of the molecule is Cc1cc(N=CN(C)C)c(C)cc1Cc1nc(-c2ccc3c(c2)CCCC3)cs1. The van der Waals surface area contributed by atoms with Crippen molar-refractivity contribution in [2.24, 2.45) is 4.99 Å². The highest BCUT2D eigenvalue weighted by atomic mass is 32.1. The molecule has 0 atom stereocenters. The standard InChI is InChI=1S/C25H29N3S/c1-17-12-23(26-16-28(3)4)18(2)11-22(17)14-25-27-24(15-29-25)21-10-9-19-7-5-6-8-20(19)13-21/h9-13,15-16H,5-8,14H2,1-4H3. The van der Waals surface area contributed by atoms with Gasteiger partial charge in [-0.05, 0) is 79.5 Å². The number of aliphatic imine (C=N–C) groups is 1. The first-order valence-electron chi connectivity index (χ1n) is 10.4. The van der Waals surface area contributed by atoms with Crippen molar-refractivity contribution < 1.29 is 0 Å². The summed E-state index contributed by atoms with van der Waals surface area (Å²) in [6, 6.07) is 11.4. The van der Waals surface area contributed by atoms with Crippen molar-refractivity contribution in [1.29, 1.82) is 0 Å². The monoisotopic (exact) mass is 403 g/mol. The molecule has 0 fully saturated rings. The first-order chi connectivity index (χ1) is 14.0. The van der Waals surface area contributed by atoms with Crippen LogP contribution in [0.25, 0.3) is 11.3 Å². The molecule has 3 aromatic rings. The molecule has 0 saturated heterocycles. The Balaban J connectivity index is 1.54. The Morgan fingerprint density at radius 3 is 2.62 bits per heavy atom. The van der Waals surface area contributed by atoms with Gasteiger partial charge in [0.2, 0.25) is 0 Å². The number of fused-ring (bicyclic) bond motifs is 1. The van der Waals surface area contributed by atoms with Crippen molar-refractivity contribution in [2.75, 3.05) is 14.1 Å². The maximum atomic E-state index is 4.96. The van der Waals surface area contributed by atoms with E-state index in [9.17, 15) is 0 Å². The van der Waals surface area contributed by atoms with E-state index in [1.807, 2.05) is 25.3 Å². The molecule has 1 aliphatic carbocycles. The molecule has 0 saturated carbocycles. The normalized spacial score (nSPS) is 13.7. The van der Waals surface area contributed by atoms with Crippen LogP contribution in [-0.4, -0.2) is 30.3 Å². The van der Waals surface area contributed by atoms with Gasteiger partial charge in [-0.3, -0.25) is 0 Å². The van der Waals surface area contributed by atoms with Crippen LogP contribution >= 0.6 is 11.3 Å². The van der Waals surface area contributed by atoms with Gasteiger partial charge in [-0.25, -0.2) is 9.98 Å². The lowest BCUT2D eigenvalue weighted by atomic mass is 9.90. The van der Waals surface area contributed by atoms with Gasteiger partial charge >= 0.3 is 0 Å². The van der Waals surface area contributed by atoms with Crippen molar-refractivity contribution in [2.45, 2.75) is 46.0 Å². The Bertz CT molecular complexity index is 1050. The highest BCUT2D eigenvalue weighted by Gasteiger charge is 2.13. The van der Waals surface area contributed by atoms with Crippen molar-refractivity contribution in [3.63, 3.8) is 0 Å². The van der Waals surface area contributed by atoms with Gasteiger partial charge < -0.3 is 4.90 Å². The number of benzene rings is 2. The molecule has 1 aliphatic rings. The molecular formula is C25H29N3S. The first-order valence-corrected chi connectivity index (χ1v) is 11.2. The smallest absolute Gasteiger partial charge is 0.0976 e. The van der Waals surface area contributed by atoms with Crippen LogP contribution in [0.1, 0.15) is 45.7 Å². The lowest BCUT2D eigenvalue weighted by molar-refractivity contribution is 0.643. The number of hydrogen-bond acceptors (Lipinski definition) is 3. The number of hydrogen-bond donors (Lipinski definition) is 0. The highest BCUT2D eigenvalue weighted by Crippen LogP contribution is 2.30. The molecule has 4 heteroatoms. The fourth-order valence-electron chi connectivity index (χ4n) is 3.95. The summed E-state index contributed by atoms with van der Waals surface area (Å²) in [5, 5.41) is 3.38. The second-order valence-corrected chi connectivity index (χ2v) is 9.21. The minimum atomic E-state index is 0.875. The fourth-order valence-corrected chi connectivity index (χ4v) is 4.77. The van der Waals surface area contributed by atoms with E-state index in [0.29, 0.717) is 0 Å². The summed E-state index contributed by atoms with van der Waals surface area (Å²) in [6.07, 6.45) is 7.80. The Hall–Kier alpha value is -2.46. The van der Waals surface area contributed by atoms with Gasteiger partial charge in [0, 0.05) is 31.5 Å². The lowest BCUT2D eigenvalue weighted by Gasteiger charge is -2.16. The van der Waals surface area contributed by atoms with E-state index in [-0.39, 0.29) is 0 Å². The third kappa shape index (κ3) is 4.59. The molecule has 150 valence electrons. The van der Waals surface area contributed by atoms with Crippen LogP contribution in [0.5, 0.6) is 0 Å². The summed E-state index contributed by atoms with van der Waals surface area (Å²) in [4.78, 5) is 11.5. The Labute approximate surface area is 178 Å². The van der Waals surface area contributed by atoms with E-state index >= 15 is 0 Å². The van der Waals surface area contributed by atoms with Crippen LogP contribution in [-0.2, 0) is 19.3 Å². The van der Waals surface area contributed by atoms with E-state index in [0.717, 1.165) is 17.8 Å². The highest BCUT2D eigenvalue weighted by molar-refractivity contribution is 7.10. The van der Waals surface area contributed by atoms with E-state index in [1.165, 1.54) is 64.1 Å². The van der Waals surface area contributed by atoms with E-state index in [1.54, 1.807) is 11.3 Å². The summed E-state index contributed by atoms with van der Waals surface area (Å²) in [7, 11) is 3.98. The summed E-state index contributed by atoms with van der Waals surface area (Å²) in [5.41, 5.74) is 10.3. The number of aromatic nitrogens is 1. The lowest BCUT2D eigenvalue weighted by Crippen LogP contribution is -2.07. The van der Waals surface area contributed by atoms with E-state index < -0.39 is 0 Å². The molecule has 0 bridgehead atoms. The molecule has 0 unspecified atom stereocenters. The molecule has 0 aliphatic heterocycles. The van der Waals surface area contributed by atoms with E-state index in [2.05, 4.69) is 54.6 Å². The average Bonchev–Trinajstić information content (AvgIpc) is 3.17. The minimum absolute atomic E-state index is 0.875. The molecule has 3 nitrogen and oxygen atoms in total. The quantitative estimate of drug-likeness (QED) is 0.379. The molecule has 1 aromatic heterocycles.